The van der Waals surface area contributed by atoms with Crippen LogP contribution in [-0.4, -0.2) is 58.4 Å². The van der Waals surface area contributed by atoms with E-state index in [2.05, 4.69) is 11.8 Å². The Morgan fingerprint density at radius 1 is 1.47 bits per heavy atom. The van der Waals surface area contributed by atoms with Gasteiger partial charge in [0, 0.05) is 6.61 Å². The second-order valence-corrected chi connectivity index (χ2v) is 5.45. The van der Waals surface area contributed by atoms with E-state index in [0.29, 0.717) is 6.61 Å². The Labute approximate surface area is 113 Å². The molecular weight excluding hydrogens is 250 g/mol. The number of amides is 1. The van der Waals surface area contributed by atoms with Crippen LogP contribution in [0.4, 0.5) is 4.79 Å². The van der Waals surface area contributed by atoms with Crippen molar-refractivity contribution in [3.05, 3.63) is 0 Å². The second-order valence-electron chi connectivity index (χ2n) is 5.45. The number of hydrogen-bond donors (Lipinski definition) is 2. The van der Waals surface area contributed by atoms with Gasteiger partial charge in [0.05, 0.1) is 13.1 Å². The van der Waals surface area contributed by atoms with Gasteiger partial charge >= 0.3 is 6.09 Å². The Kier molecular flexibility index (Phi) is 4.80. The highest BCUT2D eigenvalue weighted by molar-refractivity contribution is 5.70. The summed E-state index contributed by atoms with van der Waals surface area (Å²) in [6.45, 7) is 7.51. The molecule has 0 radical (unpaired) electrons. The molecule has 0 aliphatic carbocycles. The first-order chi connectivity index (χ1) is 8.65. The maximum absolute atomic E-state index is 11.6. The van der Waals surface area contributed by atoms with E-state index in [0.717, 1.165) is 0 Å². The first-order valence-electron chi connectivity index (χ1n) is 6.18. The third-order valence-electron chi connectivity index (χ3n) is 2.31. The number of hydrogen-bond acceptors (Lipinski definition) is 5. The van der Waals surface area contributed by atoms with Crippen LogP contribution in [0.2, 0.25) is 0 Å². The van der Waals surface area contributed by atoms with Gasteiger partial charge in [0.25, 0.3) is 0 Å². The third kappa shape index (κ3) is 5.07. The third-order valence-corrected chi connectivity index (χ3v) is 2.31. The first-order valence-corrected chi connectivity index (χ1v) is 6.18. The van der Waals surface area contributed by atoms with E-state index in [1.54, 1.807) is 27.7 Å². The van der Waals surface area contributed by atoms with Crippen LogP contribution in [-0.2, 0) is 9.47 Å². The number of carbonyl (C=O) groups is 1. The molecule has 1 unspecified atom stereocenters. The molecule has 0 aromatic rings. The Morgan fingerprint density at radius 2 is 2.05 bits per heavy atom. The van der Waals surface area contributed by atoms with Gasteiger partial charge in [0.15, 0.2) is 5.60 Å². The number of aliphatic hydroxyl groups is 2. The molecule has 108 valence electrons. The minimum Gasteiger partial charge on any atom is -0.444 e. The predicted octanol–water partition coefficient (Wildman–Crippen LogP) is 0.326. The van der Waals surface area contributed by atoms with Crippen LogP contribution in [0, 0.1) is 11.8 Å². The van der Waals surface area contributed by atoms with Crippen molar-refractivity contribution >= 4 is 6.09 Å². The maximum atomic E-state index is 11.6. The van der Waals surface area contributed by atoms with Crippen LogP contribution in [0.1, 0.15) is 27.7 Å². The Morgan fingerprint density at radius 3 is 2.53 bits per heavy atom. The van der Waals surface area contributed by atoms with E-state index in [1.165, 1.54) is 4.90 Å². The second kappa shape index (κ2) is 5.78. The zero-order valence-electron chi connectivity index (χ0n) is 11.8. The van der Waals surface area contributed by atoms with E-state index >= 15 is 0 Å². The van der Waals surface area contributed by atoms with Gasteiger partial charge in [0.1, 0.15) is 5.60 Å². The predicted molar refractivity (Wildman–Crippen MR) is 68.2 cm³/mol. The molecule has 0 bridgehead atoms. The number of ether oxygens (including phenoxy) is 2. The van der Waals surface area contributed by atoms with Crippen LogP contribution in [0.25, 0.3) is 0 Å². The summed E-state index contributed by atoms with van der Waals surface area (Å²) >= 11 is 0. The number of aliphatic hydroxyl groups excluding tert-OH is 1. The lowest BCUT2D eigenvalue weighted by Crippen LogP contribution is -2.63. The molecule has 1 aliphatic heterocycles. The molecule has 1 atom stereocenters. The fourth-order valence-electron chi connectivity index (χ4n) is 1.52. The minimum atomic E-state index is -1.30. The van der Waals surface area contributed by atoms with Crippen molar-refractivity contribution < 1.29 is 24.5 Å². The molecule has 6 nitrogen and oxygen atoms in total. The summed E-state index contributed by atoms with van der Waals surface area (Å²) in [6.07, 6.45) is -1.70. The zero-order chi connectivity index (χ0) is 14.7. The fraction of sp³-hybridized carbons (Fsp3) is 0.769. The van der Waals surface area contributed by atoms with Gasteiger partial charge in [-0.2, -0.15) is 0 Å². The largest absolute Gasteiger partial charge is 0.444 e. The van der Waals surface area contributed by atoms with Crippen LogP contribution in [0.3, 0.4) is 0 Å². The van der Waals surface area contributed by atoms with Crippen LogP contribution in [0.15, 0.2) is 0 Å². The molecule has 1 rings (SSSR count). The normalized spacial score (nSPS) is 18.9. The first kappa shape index (κ1) is 15.8. The van der Waals surface area contributed by atoms with E-state index < -0.39 is 23.6 Å². The molecule has 1 amide bonds. The van der Waals surface area contributed by atoms with Gasteiger partial charge in [0.2, 0.25) is 6.29 Å². The molecule has 0 aromatic carbocycles. The number of likely N-dealkylation sites (tertiary alicyclic amines) is 1. The van der Waals surface area contributed by atoms with Crippen molar-refractivity contribution in [2.24, 2.45) is 0 Å². The Balaban J connectivity index is 2.45. The Hall–Kier alpha value is -1.29. The number of β-amino-alcohol motifs (C(OH)–C–C–N with tert-alkyl or cyclic N) is 1. The molecule has 0 saturated carbocycles. The maximum Gasteiger partial charge on any atom is 0.410 e. The molecule has 19 heavy (non-hydrogen) atoms. The molecule has 1 aliphatic rings. The SMILES string of the molecule is CCOC(O)C#CC1(O)CN(C(=O)OC(C)(C)C)C1. The lowest BCUT2D eigenvalue weighted by Gasteiger charge is -2.43. The topological polar surface area (TPSA) is 79.2 Å². The number of nitrogens with zero attached hydrogens (tertiary/aromatic N) is 1. The van der Waals surface area contributed by atoms with Gasteiger partial charge in [-0.1, -0.05) is 5.92 Å². The van der Waals surface area contributed by atoms with Crippen molar-refractivity contribution in [2.75, 3.05) is 19.7 Å². The summed E-state index contributed by atoms with van der Waals surface area (Å²) in [5.41, 5.74) is -1.86. The molecule has 1 fully saturated rings. The summed E-state index contributed by atoms with van der Waals surface area (Å²) in [7, 11) is 0. The van der Waals surface area contributed by atoms with Gasteiger partial charge in [-0.05, 0) is 33.6 Å². The number of rotatable bonds is 2. The quantitative estimate of drug-likeness (QED) is 0.559. The lowest BCUT2D eigenvalue weighted by molar-refractivity contribution is -0.0668. The monoisotopic (exact) mass is 271 g/mol. The summed E-state index contributed by atoms with van der Waals surface area (Å²) in [5.74, 6) is 4.90. The summed E-state index contributed by atoms with van der Waals surface area (Å²) < 4.78 is 9.96. The summed E-state index contributed by atoms with van der Waals surface area (Å²) in [4.78, 5) is 13.0. The average molecular weight is 271 g/mol. The van der Waals surface area contributed by atoms with Crippen molar-refractivity contribution in [1.82, 2.24) is 4.90 Å². The Bertz CT molecular complexity index is 384. The molecule has 1 saturated heterocycles. The minimum absolute atomic E-state index is 0.0633. The molecule has 2 N–H and O–H groups in total. The zero-order valence-corrected chi connectivity index (χ0v) is 11.8. The van der Waals surface area contributed by atoms with E-state index in [4.69, 9.17) is 9.47 Å². The number of carbonyl (C=O) groups excluding carboxylic acids is 1. The highest BCUT2D eigenvalue weighted by atomic mass is 16.6. The highest BCUT2D eigenvalue weighted by Gasteiger charge is 2.44. The van der Waals surface area contributed by atoms with Gasteiger partial charge in [-0.3, -0.25) is 0 Å². The van der Waals surface area contributed by atoms with E-state index in [9.17, 15) is 15.0 Å². The van der Waals surface area contributed by atoms with Crippen molar-refractivity contribution in [1.29, 1.82) is 0 Å². The van der Waals surface area contributed by atoms with E-state index in [-0.39, 0.29) is 13.1 Å². The standard InChI is InChI=1S/C13H21NO5/c1-5-18-10(15)6-7-13(17)8-14(9-13)11(16)19-12(2,3)4/h10,15,17H,5,8-9H2,1-4H3. The van der Waals surface area contributed by atoms with Gasteiger partial charge in [-0.15, -0.1) is 0 Å². The van der Waals surface area contributed by atoms with Crippen LogP contribution < -0.4 is 0 Å². The molecule has 0 spiro atoms. The molecular formula is C13H21NO5. The molecule has 6 heteroatoms. The van der Waals surface area contributed by atoms with Crippen molar-refractivity contribution in [3.8, 4) is 11.8 Å². The lowest BCUT2D eigenvalue weighted by atomic mass is 9.95. The smallest absolute Gasteiger partial charge is 0.410 e. The molecule has 1 heterocycles. The summed E-state index contributed by atoms with van der Waals surface area (Å²) in [5, 5.41) is 19.2. The fourth-order valence-corrected chi connectivity index (χ4v) is 1.52. The molecule has 0 aromatic heterocycles. The van der Waals surface area contributed by atoms with E-state index in [1.807, 2.05) is 0 Å². The highest BCUT2D eigenvalue weighted by Crippen LogP contribution is 2.22. The van der Waals surface area contributed by atoms with Crippen molar-refractivity contribution in [3.63, 3.8) is 0 Å². The van der Waals surface area contributed by atoms with Gasteiger partial charge < -0.3 is 24.6 Å². The van der Waals surface area contributed by atoms with Crippen LogP contribution >= 0.6 is 0 Å². The van der Waals surface area contributed by atoms with Gasteiger partial charge in [-0.25, -0.2) is 4.79 Å². The van der Waals surface area contributed by atoms with Crippen molar-refractivity contribution in [2.45, 2.75) is 45.2 Å². The summed E-state index contributed by atoms with van der Waals surface area (Å²) in [6, 6.07) is 0. The van der Waals surface area contributed by atoms with Crippen LogP contribution in [0.5, 0.6) is 0 Å². The average Bonchev–Trinajstić information content (AvgIpc) is 2.20.